The van der Waals surface area contributed by atoms with Gasteiger partial charge in [0.15, 0.2) is 0 Å². The van der Waals surface area contributed by atoms with Crippen LogP contribution in [-0.2, 0) is 0 Å². The molecule has 2 rings (SSSR count). The molecule has 0 saturated carbocycles. The van der Waals surface area contributed by atoms with Crippen LogP contribution in [0.3, 0.4) is 0 Å². The van der Waals surface area contributed by atoms with Crippen molar-refractivity contribution in [3.05, 3.63) is 52.8 Å². The van der Waals surface area contributed by atoms with Gasteiger partial charge in [-0.25, -0.2) is 5.43 Å². The van der Waals surface area contributed by atoms with Crippen LogP contribution in [0.2, 0.25) is 0 Å². The molecule has 0 radical (unpaired) electrons. The van der Waals surface area contributed by atoms with Crippen LogP contribution in [0.5, 0.6) is 5.75 Å². The minimum Gasteiger partial charge on any atom is -0.507 e. The lowest BCUT2D eigenvalue weighted by Crippen LogP contribution is -2.17. The van der Waals surface area contributed by atoms with Crippen molar-refractivity contribution in [3.8, 4) is 5.75 Å². The number of para-hydroxylation sites is 1. The average molecular weight is 299 g/mol. The number of carbonyl (C=O) groups excluding carboxylic acids is 1. The summed E-state index contributed by atoms with van der Waals surface area (Å²) in [4.78, 5) is 11.9. The van der Waals surface area contributed by atoms with Crippen LogP contribution in [0.15, 0.2) is 35.4 Å². The lowest BCUT2D eigenvalue weighted by Gasteiger charge is -2.13. The van der Waals surface area contributed by atoms with Crippen LogP contribution < -0.4 is 5.43 Å². The van der Waals surface area contributed by atoms with E-state index >= 15 is 0 Å². The van der Waals surface area contributed by atoms with Gasteiger partial charge in [-0.1, -0.05) is 12.1 Å². The molecule has 0 fully saturated rings. The summed E-state index contributed by atoms with van der Waals surface area (Å²) in [6, 6.07) is 8.77. The lowest BCUT2D eigenvalue weighted by molar-refractivity contribution is 0.0952. The molecule has 0 bridgehead atoms. The molecule has 0 saturated heterocycles. The second kappa shape index (κ2) is 6.47. The van der Waals surface area contributed by atoms with Crippen molar-refractivity contribution in [2.45, 2.75) is 33.7 Å². The van der Waals surface area contributed by atoms with E-state index in [1.54, 1.807) is 24.4 Å². The van der Waals surface area contributed by atoms with Gasteiger partial charge in [0.2, 0.25) is 0 Å². The number of amides is 1. The van der Waals surface area contributed by atoms with Gasteiger partial charge >= 0.3 is 0 Å². The van der Waals surface area contributed by atoms with Gasteiger partial charge in [0, 0.05) is 23.0 Å². The Morgan fingerprint density at radius 1 is 1.32 bits per heavy atom. The Morgan fingerprint density at radius 2 is 2.00 bits per heavy atom. The highest BCUT2D eigenvalue weighted by molar-refractivity contribution is 5.97. The number of aromatic hydroxyl groups is 1. The minimum atomic E-state index is -0.438. The van der Waals surface area contributed by atoms with Crippen LogP contribution >= 0.6 is 0 Å². The monoisotopic (exact) mass is 299 g/mol. The number of nitrogens with zero attached hydrogens (tertiary/aromatic N) is 2. The van der Waals surface area contributed by atoms with Gasteiger partial charge in [-0.15, -0.1) is 0 Å². The van der Waals surface area contributed by atoms with E-state index in [9.17, 15) is 9.90 Å². The fraction of sp³-hybridized carbons (Fsp3) is 0.294. The zero-order chi connectivity index (χ0) is 16.3. The number of hydrogen-bond acceptors (Lipinski definition) is 3. The first kappa shape index (κ1) is 15.8. The summed E-state index contributed by atoms with van der Waals surface area (Å²) in [6.07, 6.45) is 1.62. The number of aromatic nitrogens is 1. The fourth-order valence-corrected chi connectivity index (χ4v) is 2.61. The van der Waals surface area contributed by atoms with Crippen molar-refractivity contribution in [1.82, 2.24) is 9.99 Å². The molecule has 0 spiro atoms. The summed E-state index contributed by atoms with van der Waals surface area (Å²) in [5.74, 6) is -0.500. The smallest absolute Gasteiger partial charge is 0.275 e. The molecule has 1 amide bonds. The summed E-state index contributed by atoms with van der Waals surface area (Å²) in [5.41, 5.74) is 5.86. The van der Waals surface area contributed by atoms with E-state index in [1.807, 2.05) is 19.9 Å². The molecule has 5 heteroatoms. The number of phenols is 1. The zero-order valence-corrected chi connectivity index (χ0v) is 13.3. The van der Waals surface area contributed by atoms with Crippen molar-refractivity contribution in [2.75, 3.05) is 0 Å². The molecular weight excluding hydrogens is 278 g/mol. The molecule has 1 heterocycles. The van der Waals surface area contributed by atoms with Gasteiger partial charge in [-0.2, -0.15) is 5.10 Å². The Balaban J connectivity index is 2.12. The highest BCUT2D eigenvalue weighted by atomic mass is 16.3. The maximum atomic E-state index is 11.9. The van der Waals surface area contributed by atoms with Crippen molar-refractivity contribution in [2.24, 2.45) is 5.10 Å². The van der Waals surface area contributed by atoms with Gasteiger partial charge in [0.1, 0.15) is 5.75 Å². The van der Waals surface area contributed by atoms with E-state index in [2.05, 4.69) is 28.9 Å². The van der Waals surface area contributed by atoms with E-state index in [1.165, 1.54) is 6.07 Å². The van der Waals surface area contributed by atoms with Gasteiger partial charge < -0.3 is 9.67 Å². The molecule has 116 valence electrons. The van der Waals surface area contributed by atoms with Gasteiger partial charge in [0.05, 0.1) is 11.8 Å². The number of nitrogens with one attached hydrogen (secondary N) is 1. The molecule has 0 atom stereocenters. The largest absolute Gasteiger partial charge is 0.507 e. The second-order valence-corrected chi connectivity index (χ2v) is 5.51. The minimum absolute atomic E-state index is 0.0619. The molecule has 0 aliphatic carbocycles. The highest BCUT2D eigenvalue weighted by Gasteiger charge is 2.11. The third kappa shape index (κ3) is 3.19. The van der Waals surface area contributed by atoms with Crippen LogP contribution in [0.25, 0.3) is 0 Å². The highest BCUT2D eigenvalue weighted by Crippen LogP contribution is 2.19. The normalized spacial score (nSPS) is 11.3. The number of hydrogen-bond donors (Lipinski definition) is 2. The molecule has 2 aromatic rings. The number of rotatable bonds is 4. The van der Waals surface area contributed by atoms with Crippen molar-refractivity contribution >= 4 is 12.1 Å². The number of hydrazone groups is 1. The molecule has 22 heavy (non-hydrogen) atoms. The van der Waals surface area contributed by atoms with Crippen molar-refractivity contribution < 1.29 is 9.90 Å². The van der Waals surface area contributed by atoms with Gasteiger partial charge in [-0.3, -0.25) is 4.79 Å². The number of phenolic OH excluding ortho intramolecular Hbond substituents is 1. The Labute approximate surface area is 130 Å². The first-order valence-electron chi connectivity index (χ1n) is 7.21. The molecule has 0 aliphatic rings. The Bertz CT molecular complexity index is 715. The molecule has 1 aromatic heterocycles. The summed E-state index contributed by atoms with van der Waals surface area (Å²) in [5, 5.41) is 13.6. The predicted octanol–water partition coefficient (Wildman–Crippen LogP) is 3.16. The standard InChI is InChI=1S/C17H21N3O2/c1-11(2)20-12(3)9-14(13(20)4)10-18-19-17(22)15-7-5-6-8-16(15)21/h5-11,21H,1-4H3,(H,19,22)/b18-10-. The Kier molecular flexibility index (Phi) is 4.65. The Morgan fingerprint density at radius 3 is 2.59 bits per heavy atom. The third-order valence-corrected chi connectivity index (χ3v) is 3.56. The predicted molar refractivity (Wildman–Crippen MR) is 87.5 cm³/mol. The molecule has 5 nitrogen and oxygen atoms in total. The molecule has 0 aliphatic heterocycles. The molecule has 0 unspecified atom stereocenters. The van der Waals surface area contributed by atoms with E-state index in [0.717, 1.165) is 17.0 Å². The van der Waals surface area contributed by atoms with Crippen LogP contribution in [-0.4, -0.2) is 21.8 Å². The number of carbonyl (C=O) groups is 1. The summed E-state index contributed by atoms with van der Waals surface area (Å²) < 4.78 is 2.21. The van der Waals surface area contributed by atoms with Gasteiger partial charge in [0.25, 0.3) is 5.91 Å². The maximum absolute atomic E-state index is 11.9. The Hall–Kier alpha value is -2.56. The van der Waals surface area contributed by atoms with Crippen molar-refractivity contribution in [3.63, 3.8) is 0 Å². The first-order valence-corrected chi connectivity index (χ1v) is 7.21. The lowest BCUT2D eigenvalue weighted by atomic mass is 10.2. The average Bonchev–Trinajstić information content (AvgIpc) is 2.73. The number of benzene rings is 1. The summed E-state index contributed by atoms with van der Waals surface area (Å²) >= 11 is 0. The van der Waals surface area contributed by atoms with E-state index in [-0.39, 0.29) is 11.3 Å². The first-order chi connectivity index (χ1) is 10.4. The quantitative estimate of drug-likeness (QED) is 0.672. The van der Waals surface area contributed by atoms with E-state index < -0.39 is 5.91 Å². The SMILES string of the molecule is Cc1cc(/C=N\NC(=O)c2ccccc2O)c(C)n1C(C)C. The maximum Gasteiger partial charge on any atom is 0.275 e. The van der Waals surface area contributed by atoms with Crippen LogP contribution in [0.4, 0.5) is 0 Å². The van der Waals surface area contributed by atoms with Gasteiger partial charge in [-0.05, 0) is 45.9 Å². The fourth-order valence-electron chi connectivity index (χ4n) is 2.61. The van der Waals surface area contributed by atoms with E-state index in [0.29, 0.717) is 6.04 Å². The second-order valence-electron chi connectivity index (χ2n) is 5.51. The third-order valence-electron chi connectivity index (χ3n) is 3.56. The van der Waals surface area contributed by atoms with Crippen LogP contribution in [0, 0.1) is 13.8 Å². The summed E-state index contributed by atoms with van der Waals surface area (Å²) in [6.45, 7) is 8.33. The van der Waals surface area contributed by atoms with Crippen LogP contribution in [0.1, 0.15) is 47.2 Å². The molecular formula is C17H21N3O2. The summed E-state index contributed by atoms with van der Waals surface area (Å²) in [7, 11) is 0. The zero-order valence-electron chi connectivity index (χ0n) is 13.3. The molecule has 1 aromatic carbocycles. The molecule has 2 N–H and O–H groups in total. The topological polar surface area (TPSA) is 66.6 Å². The number of aryl methyl sites for hydroxylation is 1. The van der Waals surface area contributed by atoms with Crippen molar-refractivity contribution in [1.29, 1.82) is 0 Å². The van der Waals surface area contributed by atoms with E-state index in [4.69, 9.17) is 0 Å².